The second-order valence-corrected chi connectivity index (χ2v) is 20.6. The largest absolute Gasteiger partial charge is 0.465 e. The molecule has 8 heteroatoms. The summed E-state index contributed by atoms with van der Waals surface area (Å²) in [6.07, 6.45) is 15.2. The zero-order valence-corrected chi connectivity index (χ0v) is 31.8. The molecule has 7 nitrogen and oxygen atoms in total. The molecule has 1 aromatic carbocycles. The molecule has 4 saturated carbocycles. The summed E-state index contributed by atoms with van der Waals surface area (Å²) in [4.78, 5) is 14.4. The summed E-state index contributed by atoms with van der Waals surface area (Å²) >= 11 is 0. The monoisotopic (exact) mass is 691 g/mol. The van der Waals surface area contributed by atoms with E-state index in [0.717, 1.165) is 32.4 Å². The number of benzene rings is 1. The fraction of sp³-hybridized carbons (Fsp3) is 0.756. The Bertz CT molecular complexity index is 1590. The minimum atomic E-state index is -2.87. The number of fused-ring (bicyclic) bond motifs is 7. The van der Waals surface area contributed by atoms with E-state index in [1.165, 1.54) is 56.8 Å². The molecule has 1 unspecified atom stereocenters. The van der Waals surface area contributed by atoms with E-state index < -0.39 is 9.84 Å². The Hall–Kier alpha value is -2.03. The van der Waals surface area contributed by atoms with Gasteiger partial charge in [0.15, 0.2) is 9.84 Å². The molecule has 0 aromatic heterocycles. The zero-order chi connectivity index (χ0) is 35.0. The second kappa shape index (κ2) is 12.3. The van der Waals surface area contributed by atoms with Gasteiger partial charge in [-0.2, -0.15) is 0 Å². The van der Waals surface area contributed by atoms with E-state index in [0.29, 0.717) is 48.2 Å². The minimum absolute atomic E-state index is 0.0276. The Morgan fingerprint density at radius 1 is 0.939 bits per heavy atom. The molecule has 1 aliphatic heterocycles. The van der Waals surface area contributed by atoms with Crippen LogP contribution in [-0.2, 0) is 14.6 Å². The third-order valence-corrected chi connectivity index (χ3v) is 17.8. The highest BCUT2D eigenvalue weighted by Gasteiger charge is 2.70. The van der Waals surface area contributed by atoms with Crippen molar-refractivity contribution < 1.29 is 17.9 Å². The van der Waals surface area contributed by atoms with Crippen molar-refractivity contribution in [2.45, 2.75) is 97.9 Å². The van der Waals surface area contributed by atoms with Crippen LogP contribution in [0.5, 0.6) is 0 Å². The van der Waals surface area contributed by atoms with Crippen LogP contribution in [0.2, 0.25) is 0 Å². The molecule has 0 amide bonds. The van der Waals surface area contributed by atoms with Gasteiger partial charge in [0.2, 0.25) is 0 Å². The Balaban J connectivity index is 1.13. The van der Waals surface area contributed by atoms with Crippen molar-refractivity contribution in [3.63, 3.8) is 0 Å². The van der Waals surface area contributed by atoms with Gasteiger partial charge in [-0.3, -0.25) is 0 Å². The number of esters is 1. The summed E-state index contributed by atoms with van der Waals surface area (Å²) in [5, 5.41) is 12.7. The second-order valence-electron chi connectivity index (χ2n) is 18.3. The lowest BCUT2D eigenvalue weighted by molar-refractivity contribution is -0.218. The Kier molecular flexibility index (Phi) is 8.87. The normalized spacial score (nSPS) is 42.5. The predicted octanol–water partition coefficient (Wildman–Crippen LogP) is 7.27. The lowest BCUT2D eigenvalue weighted by atomic mass is 9.33. The van der Waals surface area contributed by atoms with Crippen LogP contribution < -0.4 is 5.32 Å². The van der Waals surface area contributed by atoms with E-state index in [1.807, 2.05) is 12.1 Å². The van der Waals surface area contributed by atoms with Crippen LogP contribution in [0, 0.1) is 56.7 Å². The number of nitrogens with one attached hydrogen (secondary N) is 2. The molecule has 0 spiro atoms. The van der Waals surface area contributed by atoms with E-state index in [4.69, 9.17) is 10.1 Å². The topological polar surface area (TPSA) is 99.6 Å². The number of allylic oxidation sites excluding steroid dienone is 2. The van der Waals surface area contributed by atoms with E-state index in [1.54, 1.807) is 6.21 Å². The fourth-order valence-corrected chi connectivity index (χ4v) is 14.9. The van der Waals surface area contributed by atoms with Gasteiger partial charge in [0, 0.05) is 31.7 Å². The number of carbonyl (C=O) groups excluding carboxylic acids is 1. The molecule has 0 bridgehead atoms. The van der Waals surface area contributed by atoms with Crippen molar-refractivity contribution >= 4 is 27.6 Å². The molecular weight excluding hydrogens is 631 g/mol. The number of hydrogen-bond donors (Lipinski definition) is 2. The maximum absolute atomic E-state index is 12.1. The van der Waals surface area contributed by atoms with Crippen molar-refractivity contribution in [3.05, 3.63) is 41.5 Å². The summed E-state index contributed by atoms with van der Waals surface area (Å²) in [5.41, 5.74) is 4.09. The zero-order valence-electron chi connectivity index (χ0n) is 30.9. The molecule has 6 aliphatic rings. The Labute approximate surface area is 295 Å². The molecule has 270 valence electrons. The van der Waals surface area contributed by atoms with Crippen LogP contribution in [0.25, 0.3) is 5.57 Å². The lowest BCUT2D eigenvalue weighted by Crippen LogP contribution is -2.68. The SMILES string of the molecule is COC(=O)c1ccc(C2=CC[C@]3(C)[C@H]4CC[C@@H]5[C@H]6C(C=N)CC[C@]6(NCCN6CCS(=O)(=O)CC6)CC[C@@]5(C)[C@]4(C)CC[C@H]3C2(C)C)cc1. The standard InChI is InChI=1S/C41H61N3O4S/c1-37(2)31(28-7-9-29(10-8-28)36(45)48-6)14-16-38(3)33(37)15-17-40(5)34(38)12-11-32-35-30(27-42)13-18-41(35,20-19-39(32,40)4)43-21-22-44-23-25-49(46,47)26-24-44/h7-10,14,27,30,32-35,42-43H,11-13,15-26H2,1-6H3/t30?,32-,33+,34-,35-,38+,39-,40-,41+/m1/s1. The quantitative estimate of drug-likeness (QED) is 0.231. The molecule has 9 atom stereocenters. The summed E-state index contributed by atoms with van der Waals surface area (Å²) in [7, 11) is -1.43. The number of rotatable bonds is 7. The average molecular weight is 692 g/mol. The Morgan fingerprint density at radius 3 is 2.33 bits per heavy atom. The number of sulfone groups is 1. The van der Waals surface area contributed by atoms with E-state index >= 15 is 0 Å². The first kappa shape index (κ1) is 35.4. The number of methoxy groups -OCH3 is 1. The molecule has 0 radical (unpaired) electrons. The van der Waals surface area contributed by atoms with Crippen molar-refractivity contribution in [3.8, 4) is 0 Å². The molecule has 49 heavy (non-hydrogen) atoms. The van der Waals surface area contributed by atoms with Crippen LogP contribution in [0.3, 0.4) is 0 Å². The highest BCUT2D eigenvalue weighted by molar-refractivity contribution is 7.91. The van der Waals surface area contributed by atoms with Gasteiger partial charge in [-0.05, 0) is 139 Å². The smallest absolute Gasteiger partial charge is 0.337 e. The van der Waals surface area contributed by atoms with Gasteiger partial charge in [0.25, 0.3) is 0 Å². The van der Waals surface area contributed by atoms with Crippen molar-refractivity contribution in [1.29, 1.82) is 5.41 Å². The molecule has 5 fully saturated rings. The van der Waals surface area contributed by atoms with Crippen LogP contribution in [0.4, 0.5) is 0 Å². The van der Waals surface area contributed by atoms with Gasteiger partial charge >= 0.3 is 5.97 Å². The molecule has 2 N–H and O–H groups in total. The summed E-state index contributed by atoms with van der Waals surface area (Å²) < 4.78 is 28.9. The lowest BCUT2D eigenvalue weighted by Gasteiger charge is -2.72. The van der Waals surface area contributed by atoms with Crippen LogP contribution in [0.15, 0.2) is 30.3 Å². The van der Waals surface area contributed by atoms with Gasteiger partial charge in [-0.1, -0.05) is 52.8 Å². The number of ether oxygens (including phenoxy) is 1. The number of nitrogens with zero attached hydrogens (tertiary/aromatic N) is 1. The van der Waals surface area contributed by atoms with Crippen molar-refractivity contribution in [1.82, 2.24) is 10.2 Å². The third kappa shape index (κ3) is 5.43. The first-order chi connectivity index (χ1) is 23.1. The Morgan fingerprint density at radius 2 is 1.65 bits per heavy atom. The van der Waals surface area contributed by atoms with E-state index in [2.05, 4.69) is 63.0 Å². The van der Waals surface area contributed by atoms with Gasteiger partial charge < -0.3 is 20.4 Å². The van der Waals surface area contributed by atoms with E-state index in [-0.39, 0.29) is 44.7 Å². The van der Waals surface area contributed by atoms with Gasteiger partial charge in [0.05, 0.1) is 24.2 Å². The summed E-state index contributed by atoms with van der Waals surface area (Å²) in [6, 6.07) is 8.05. The fourth-order valence-electron chi connectivity index (χ4n) is 13.6. The molecule has 1 aromatic rings. The van der Waals surface area contributed by atoms with E-state index in [9.17, 15) is 13.2 Å². The minimum Gasteiger partial charge on any atom is -0.465 e. The number of hydrogen-bond acceptors (Lipinski definition) is 7. The highest BCUT2D eigenvalue weighted by Crippen LogP contribution is 2.76. The molecular formula is C41H61N3O4S. The first-order valence-corrected chi connectivity index (χ1v) is 21.0. The van der Waals surface area contributed by atoms with Gasteiger partial charge in [-0.15, -0.1) is 0 Å². The molecule has 1 saturated heterocycles. The highest BCUT2D eigenvalue weighted by atomic mass is 32.2. The van der Waals surface area contributed by atoms with Crippen LogP contribution >= 0.6 is 0 Å². The summed E-state index contributed by atoms with van der Waals surface area (Å²) in [5.74, 6) is 2.99. The van der Waals surface area contributed by atoms with Crippen LogP contribution in [0.1, 0.15) is 108 Å². The van der Waals surface area contributed by atoms with Crippen LogP contribution in [-0.4, -0.2) is 75.8 Å². The number of carbonyl (C=O) groups is 1. The molecule has 1 heterocycles. The first-order valence-electron chi connectivity index (χ1n) is 19.2. The molecule has 7 rings (SSSR count). The van der Waals surface area contributed by atoms with Gasteiger partial charge in [-0.25, -0.2) is 13.2 Å². The predicted molar refractivity (Wildman–Crippen MR) is 197 cm³/mol. The van der Waals surface area contributed by atoms with Crippen molar-refractivity contribution in [2.75, 3.05) is 44.8 Å². The third-order valence-electron chi connectivity index (χ3n) is 16.2. The maximum Gasteiger partial charge on any atom is 0.337 e. The summed E-state index contributed by atoms with van der Waals surface area (Å²) in [6.45, 7) is 16.0. The average Bonchev–Trinajstić information content (AvgIpc) is 3.44. The molecule has 5 aliphatic carbocycles. The van der Waals surface area contributed by atoms with Crippen molar-refractivity contribution in [2.24, 2.45) is 51.2 Å². The maximum atomic E-state index is 12.1. The van der Waals surface area contributed by atoms with Gasteiger partial charge in [0.1, 0.15) is 0 Å².